The number of ether oxygens (including phenoxy) is 1. The van der Waals surface area contributed by atoms with E-state index in [1.54, 1.807) is 55.6 Å². The maximum atomic E-state index is 13.4. The molecule has 0 aliphatic heterocycles. The summed E-state index contributed by atoms with van der Waals surface area (Å²) in [7, 11) is 1.56. The van der Waals surface area contributed by atoms with Crippen molar-refractivity contribution in [2.24, 2.45) is 0 Å². The highest BCUT2D eigenvalue weighted by molar-refractivity contribution is 5.94. The lowest BCUT2D eigenvalue weighted by Gasteiger charge is -2.12. The van der Waals surface area contributed by atoms with Crippen LogP contribution in [0, 0.1) is 11.6 Å². The van der Waals surface area contributed by atoms with Crippen LogP contribution < -0.4 is 15.7 Å². The van der Waals surface area contributed by atoms with E-state index in [1.165, 1.54) is 0 Å². The highest BCUT2D eigenvalue weighted by atomic mass is 19.1. The van der Waals surface area contributed by atoms with Crippen LogP contribution in [0.2, 0.25) is 0 Å². The first-order valence-corrected chi connectivity index (χ1v) is 9.36. The molecule has 0 fully saturated rings. The molecule has 0 radical (unpaired) electrons. The Labute approximate surface area is 175 Å². The minimum absolute atomic E-state index is 0.138. The van der Waals surface area contributed by atoms with Gasteiger partial charge in [0.15, 0.2) is 0 Å². The van der Waals surface area contributed by atoms with E-state index in [0.717, 1.165) is 23.0 Å². The van der Waals surface area contributed by atoms with Gasteiger partial charge in [-0.25, -0.2) is 14.2 Å². The maximum absolute atomic E-state index is 13.4. The second kappa shape index (κ2) is 8.35. The fourth-order valence-electron chi connectivity index (χ4n) is 3.28. The SMILES string of the molecule is COc1ccc(-c2nn(NC(=O)Cc3cc(F)cc(F)c3)c(=O)c3ccccc23)cc1. The maximum Gasteiger partial charge on any atom is 0.294 e. The Bertz CT molecular complexity index is 1310. The van der Waals surface area contributed by atoms with Crippen molar-refractivity contribution >= 4 is 16.7 Å². The Morgan fingerprint density at radius 1 is 1.00 bits per heavy atom. The van der Waals surface area contributed by atoms with Crippen molar-refractivity contribution in [3.05, 3.63) is 94.3 Å². The second-order valence-electron chi connectivity index (χ2n) is 6.83. The van der Waals surface area contributed by atoms with Crippen LogP contribution in [-0.4, -0.2) is 22.9 Å². The van der Waals surface area contributed by atoms with E-state index in [4.69, 9.17) is 4.74 Å². The van der Waals surface area contributed by atoms with Gasteiger partial charge in [0.1, 0.15) is 23.1 Å². The summed E-state index contributed by atoms with van der Waals surface area (Å²) in [6.07, 6.45) is -0.326. The molecule has 0 atom stereocenters. The number of carbonyl (C=O) groups excluding carboxylic acids is 1. The summed E-state index contributed by atoms with van der Waals surface area (Å²) in [4.78, 5) is 26.2. The Balaban J connectivity index is 1.72. The van der Waals surface area contributed by atoms with Gasteiger partial charge in [-0.15, -0.1) is 9.89 Å². The normalized spacial score (nSPS) is 10.8. The zero-order chi connectivity index (χ0) is 22.0. The molecule has 1 N–H and O–H groups in total. The number of aromatic nitrogens is 2. The first-order chi connectivity index (χ1) is 14.9. The van der Waals surface area contributed by atoms with Crippen LogP contribution in [0.5, 0.6) is 5.75 Å². The largest absolute Gasteiger partial charge is 0.497 e. The van der Waals surface area contributed by atoms with Crippen molar-refractivity contribution in [2.75, 3.05) is 12.5 Å². The van der Waals surface area contributed by atoms with Crippen molar-refractivity contribution in [1.82, 2.24) is 9.89 Å². The summed E-state index contributed by atoms with van der Waals surface area (Å²) in [5.41, 5.74) is 3.22. The van der Waals surface area contributed by atoms with Gasteiger partial charge < -0.3 is 4.74 Å². The Hall–Kier alpha value is -4.07. The number of nitrogens with one attached hydrogen (secondary N) is 1. The minimum Gasteiger partial charge on any atom is -0.497 e. The van der Waals surface area contributed by atoms with E-state index >= 15 is 0 Å². The number of hydrogen-bond donors (Lipinski definition) is 1. The zero-order valence-electron chi connectivity index (χ0n) is 16.4. The molecule has 0 aliphatic carbocycles. The number of rotatable bonds is 5. The average molecular weight is 421 g/mol. The van der Waals surface area contributed by atoms with Gasteiger partial charge in [0.05, 0.1) is 18.9 Å². The fourth-order valence-corrected chi connectivity index (χ4v) is 3.28. The van der Waals surface area contributed by atoms with Gasteiger partial charge in [0.25, 0.3) is 5.56 Å². The summed E-state index contributed by atoms with van der Waals surface area (Å²) in [6.45, 7) is 0. The van der Waals surface area contributed by atoms with Gasteiger partial charge in [0.2, 0.25) is 5.91 Å². The molecule has 0 saturated carbocycles. The summed E-state index contributed by atoms with van der Waals surface area (Å²) >= 11 is 0. The van der Waals surface area contributed by atoms with Crippen LogP contribution in [0.15, 0.2) is 71.5 Å². The number of fused-ring (bicyclic) bond motifs is 1. The van der Waals surface area contributed by atoms with Crippen LogP contribution in [-0.2, 0) is 11.2 Å². The first-order valence-electron chi connectivity index (χ1n) is 9.36. The summed E-state index contributed by atoms with van der Waals surface area (Å²) in [5.74, 6) is -1.55. The standard InChI is InChI=1S/C23H17F2N3O3/c1-31-18-8-6-15(7-9-18)22-19-4-2-3-5-20(19)23(30)28(27-22)26-21(29)12-14-10-16(24)13-17(25)11-14/h2-11,13H,12H2,1H3,(H,26,29). The van der Waals surface area contributed by atoms with E-state index in [2.05, 4.69) is 10.5 Å². The molecule has 3 aromatic carbocycles. The molecule has 0 saturated heterocycles. The molecule has 6 nitrogen and oxygen atoms in total. The van der Waals surface area contributed by atoms with Crippen LogP contribution in [0.4, 0.5) is 8.78 Å². The monoisotopic (exact) mass is 421 g/mol. The topological polar surface area (TPSA) is 73.2 Å². The molecule has 156 valence electrons. The number of nitrogens with zero attached hydrogens (tertiary/aromatic N) is 2. The third-order valence-electron chi connectivity index (χ3n) is 4.69. The number of carbonyl (C=O) groups is 1. The number of amides is 1. The van der Waals surface area contributed by atoms with Crippen molar-refractivity contribution in [3.8, 4) is 17.0 Å². The molecule has 8 heteroatoms. The lowest BCUT2D eigenvalue weighted by Crippen LogP contribution is -2.36. The number of methoxy groups -OCH3 is 1. The predicted octanol–water partition coefficient (Wildman–Crippen LogP) is 3.66. The van der Waals surface area contributed by atoms with Crippen LogP contribution in [0.3, 0.4) is 0 Å². The predicted molar refractivity (Wildman–Crippen MR) is 112 cm³/mol. The Morgan fingerprint density at radius 2 is 1.65 bits per heavy atom. The molecule has 1 aromatic heterocycles. The van der Waals surface area contributed by atoms with Crippen molar-refractivity contribution < 1.29 is 18.3 Å². The molecule has 4 rings (SSSR count). The summed E-state index contributed by atoms with van der Waals surface area (Å²) in [6, 6.07) is 16.8. The van der Waals surface area contributed by atoms with E-state index in [-0.39, 0.29) is 12.0 Å². The number of hydrogen-bond acceptors (Lipinski definition) is 4. The van der Waals surface area contributed by atoms with Crippen molar-refractivity contribution in [1.29, 1.82) is 0 Å². The smallest absolute Gasteiger partial charge is 0.294 e. The van der Waals surface area contributed by atoms with Crippen LogP contribution in [0.1, 0.15) is 5.56 Å². The molecule has 31 heavy (non-hydrogen) atoms. The van der Waals surface area contributed by atoms with Gasteiger partial charge in [-0.2, -0.15) is 0 Å². The number of benzene rings is 3. The zero-order valence-corrected chi connectivity index (χ0v) is 16.4. The Morgan fingerprint density at radius 3 is 2.29 bits per heavy atom. The molecule has 4 aromatic rings. The van der Waals surface area contributed by atoms with Crippen molar-refractivity contribution in [3.63, 3.8) is 0 Å². The Kier molecular flexibility index (Phi) is 5.44. The van der Waals surface area contributed by atoms with Gasteiger partial charge >= 0.3 is 0 Å². The number of halogens is 2. The van der Waals surface area contributed by atoms with Gasteiger partial charge in [0, 0.05) is 17.0 Å². The van der Waals surface area contributed by atoms with Crippen LogP contribution in [0.25, 0.3) is 22.0 Å². The highest BCUT2D eigenvalue weighted by Crippen LogP contribution is 2.26. The van der Waals surface area contributed by atoms with E-state index in [9.17, 15) is 18.4 Å². The fraction of sp³-hybridized carbons (Fsp3) is 0.0870. The van der Waals surface area contributed by atoms with E-state index < -0.39 is 23.1 Å². The molecule has 1 heterocycles. The average Bonchev–Trinajstić information content (AvgIpc) is 2.75. The van der Waals surface area contributed by atoms with Gasteiger partial charge in [-0.05, 0) is 48.0 Å². The third kappa shape index (κ3) is 4.28. The summed E-state index contributed by atoms with van der Waals surface area (Å²) < 4.78 is 32.0. The minimum atomic E-state index is -0.786. The second-order valence-corrected chi connectivity index (χ2v) is 6.83. The molecule has 1 amide bonds. The van der Waals surface area contributed by atoms with Gasteiger partial charge in [-0.1, -0.05) is 18.2 Å². The molecule has 0 aliphatic rings. The van der Waals surface area contributed by atoms with E-state index in [1.807, 2.05) is 0 Å². The third-order valence-corrected chi connectivity index (χ3v) is 4.69. The molecule has 0 spiro atoms. The molecule has 0 bridgehead atoms. The first kappa shape index (κ1) is 20.2. The summed E-state index contributed by atoms with van der Waals surface area (Å²) in [5, 5.41) is 5.31. The lowest BCUT2D eigenvalue weighted by atomic mass is 10.1. The lowest BCUT2D eigenvalue weighted by molar-refractivity contribution is -0.116. The van der Waals surface area contributed by atoms with Crippen molar-refractivity contribution in [2.45, 2.75) is 6.42 Å². The highest BCUT2D eigenvalue weighted by Gasteiger charge is 2.14. The van der Waals surface area contributed by atoms with Gasteiger partial charge in [-0.3, -0.25) is 9.59 Å². The molecule has 0 unspecified atom stereocenters. The quantitative estimate of drug-likeness (QED) is 0.534. The molecular weight excluding hydrogens is 404 g/mol. The van der Waals surface area contributed by atoms with E-state index in [0.29, 0.717) is 27.8 Å². The molecular formula is C23H17F2N3O3. The van der Waals surface area contributed by atoms with Crippen LogP contribution >= 0.6 is 0 Å².